The molecule has 0 amide bonds. The molecule has 3 nitrogen and oxygen atoms in total. The van der Waals surface area contributed by atoms with Gasteiger partial charge in [0.25, 0.3) is 0 Å². The van der Waals surface area contributed by atoms with Crippen molar-refractivity contribution in [2.45, 2.75) is 19.8 Å². The molecule has 0 aromatic rings. The second-order valence-electron chi connectivity index (χ2n) is 4.79. The molecule has 15 heavy (non-hydrogen) atoms. The van der Waals surface area contributed by atoms with E-state index in [1.807, 2.05) is 0 Å². The van der Waals surface area contributed by atoms with Gasteiger partial charge < -0.3 is 14.5 Å². The van der Waals surface area contributed by atoms with Crippen molar-refractivity contribution >= 4 is 0 Å². The third-order valence-electron chi connectivity index (χ3n) is 3.79. The highest BCUT2D eigenvalue weighted by atomic mass is 16.5. The van der Waals surface area contributed by atoms with Gasteiger partial charge in [-0.25, -0.2) is 0 Å². The Morgan fingerprint density at radius 2 is 1.87 bits per heavy atom. The maximum absolute atomic E-state index is 5.40. The molecule has 0 spiro atoms. The van der Waals surface area contributed by atoms with Gasteiger partial charge in [0.2, 0.25) is 0 Å². The number of rotatable bonds is 4. The first-order valence-corrected chi connectivity index (χ1v) is 6.41. The van der Waals surface area contributed by atoms with Crippen LogP contribution in [0, 0.1) is 5.92 Å². The average Bonchev–Trinajstić information content (AvgIpc) is 2.80. The van der Waals surface area contributed by atoms with Gasteiger partial charge in [-0.3, -0.25) is 0 Å². The van der Waals surface area contributed by atoms with E-state index in [2.05, 4.69) is 16.7 Å². The molecule has 2 aliphatic heterocycles. The molecule has 0 saturated carbocycles. The Morgan fingerprint density at radius 1 is 1.13 bits per heavy atom. The molecule has 0 N–H and O–H groups in total. The molecule has 2 rings (SSSR count). The average molecular weight is 212 g/mol. The fourth-order valence-electron chi connectivity index (χ4n) is 2.51. The Balaban J connectivity index is 1.59. The van der Waals surface area contributed by atoms with Crippen LogP contribution in [0.3, 0.4) is 0 Å². The SMILES string of the molecule is CCN1CCN(CCC2CCOC2)CC1. The van der Waals surface area contributed by atoms with E-state index in [9.17, 15) is 0 Å². The van der Waals surface area contributed by atoms with Crippen molar-refractivity contribution in [3.8, 4) is 0 Å². The quantitative estimate of drug-likeness (QED) is 0.693. The Kier molecular flexibility index (Phi) is 4.42. The largest absolute Gasteiger partial charge is 0.381 e. The lowest BCUT2D eigenvalue weighted by atomic mass is 10.0. The Morgan fingerprint density at radius 3 is 2.47 bits per heavy atom. The summed E-state index contributed by atoms with van der Waals surface area (Å²) in [7, 11) is 0. The van der Waals surface area contributed by atoms with Crippen LogP contribution in [-0.4, -0.2) is 62.3 Å². The van der Waals surface area contributed by atoms with E-state index in [4.69, 9.17) is 4.74 Å². The Labute approximate surface area is 93.4 Å². The van der Waals surface area contributed by atoms with Crippen LogP contribution >= 0.6 is 0 Å². The van der Waals surface area contributed by atoms with Gasteiger partial charge in [-0.05, 0) is 31.8 Å². The van der Waals surface area contributed by atoms with Gasteiger partial charge in [0.1, 0.15) is 0 Å². The van der Waals surface area contributed by atoms with E-state index in [0.717, 1.165) is 19.1 Å². The highest BCUT2D eigenvalue weighted by Crippen LogP contribution is 2.17. The lowest BCUT2D eigenvalue weighted by Crippen LogP contribution is -2.46. The number of piperazine rings is 1. The number of hydrogen-bond acceptors (Lipinski definition) is 3. The summed E-state index contributed by atoms with van der Waals surface area (Å²) in [4.78, 5) is 5.15. The smallest absolute Gasteiger partial charge is 0.0495 e. The molecule has 2 fully saturated rings. The molecule has 0 aromatic carbocycles. The van der Waals surface area contributed by atoms with Gasteiger partial charge in [0.15, 0.2) is 0 Å². The van der Waals surface area contributed by atoms with Crippen molar-refractivity contribution in [1.29, 1.82) is 0 Å². The predicted molar refractivity (Wildman–Crippen MR) is 62.1 cm³/mol. The van der Waals surface area contributed by atoms with Crippen LogP contribution in [0.25, 0.3) is 0 Å². The summed E-state index contributed by atoms with van der Waals surface area (Å²) in [5.41, 5.74) is 0. The van der Waals surface area contributed by atoms with Crippen LogP contribution in [0.15, 0.2) is 0 Å². The van der Waals surface area contributed by atoms with Crippen LogP contribution in [-0.2, 0) is 4.74 Å². The molecule has 1 unspecified atom stereocenters. The summed E-state index contributed by atoms with van der Waals surface area (Å²) in [6.45, 7) is 11.8. The zero-order valence-corrected chi connectivity index (χ0v) is 9.95. The van der Waals surface area contributed by atoms with Crippen molar-refractivity contribution in [1.82, 2.24) is 9.80 Å². The number of likely N-dealkylation sites (N-methyl/N-ethyl adjacent to an activating group) is 1. The van der Waals surface area contributed by atoms with E-state index in [1.165, 1.54) is 52.1 Å². The van der Waals surface area contributed by atoms with Crippen molar-refractivity contribution in [3.63, 3.8) is 0 Å². The summed E-state index contributed by atoms with van der Waals surface area (Å²) in [6, 6.07) is 0. The van der Waals surface area contributed by atoms with Crippen molar-refractivity contribution in [2.75, 3.05) is 52.5 Å². The minimum atomic E-state index is 0.842. The van der Waals surface area contributed by atoms with Crippen LogP contribution in [0.5, 0.6) is 0 Å². The minimum absolute atomic E-state index is 0.842. The molecule has 3 heteroatoms. The first-order valence-electron chi connectivity index (χ1n) is 6.41. The zero-order chi connectivity index (χ0) is 10.5. The van der Waals surface area contributed by atoms with E-state index >= 15 is 0 Å². The van der Waals surface area contributed by atoms with Crippen LogP contribution in [0.4, 0.5) is 0 Å². The first-order chi connectivity index (χ1) is 7.38. The molecule has 0 radical (unpaired) electrons. The monoisotopic (exact) mass is 212 g/mol. The van der Waals surface area contributed by atoms with Crippen LogP contribution < -0.4 is 0 Å². The normalized spacial score (nSPS) is 29.8. The number of hydrogen-bond donors (Lipinski definition) is 0. The Bertz CT molecular complexity index is 172. The molecule has 2 saturated heterocycles. The lowest BCUT2D eigenvalue weighted by Gasteiger charge is -2.34. The highest BCUT2D eigenvalue weighted by Gasteiger charge is 2.19. The van der Waals surface area contributed by atoms with Gasteiger partial charge in [-0.1, -0.05) is 6.92 Å². The predicted octanol–water partition coefficient (Wildman–Crippen LogP) is 1.05. The first kappa shape index (κ1) is 11.4. The van der Waals surface area contributed by atoms with Crippen molar-refractivity contribution < 1.29 is 4.74 Å². The third kappa shape index (κ3) is 3.44. The molecule has 88 valence electrons. The molecule has 0 aliphatic carbocycles. The summed E-state index contributed by atoms with van der Waals surface area (Å²) in [6.07, 6.45) is 2.63. The van der Waals surface area contributed by atoms with Gasteiger partial charge >= 0.3 is 0 Å². The second kappa shape index (κ2) is 5.83. The van der Waals surface area contributed by atoms with Crippen LogP contribution in [0.1, 0.15) is 19.8 Å². The standard InChI is InChI=1S/C12H24N2O/c1-2-13-6-8-14(9-7-13)5-3-12-4-10-15-11-12/h12H,2-11H2,1H3. The maximum atomic E-state index is 5.40. The fraction of sp³-hybridized carbons (Fsp3) is 1.00. The molecule has 0 bridgehead atoms. The second-order valence-corrected chi connectivity index (χ2v) is 4.79. The molecule has 0 aromatic heterocycles. The lowest BCUT2D eigenvalue weighted by molar-refractivity contribution is 0.127. The fourth-order valence-corrected chi connectivity index (χ4v) is 2.51. The number of ether oxygens (including phenoxy) is 1. The zero-order valence-electron chi connectivity index (χ0n) is 9.95. The third-order valence-corrected chi connectivity index (χ3v) is 3.79. The maximum Gasteiger partial charge on any atom is 0.0495 e. The van der Waals surface area contributed by atoms with E-state index in [-0.39, 0.29) is 0 Å². The van der Waals surface area contributed by atoms with Gasteiger partial charge in [-0.2, -0.15) is 0 Å². The van der Waals surface area contributed by atoms with E-state index in [1.54, 1.807) is 0 Å². The van der Waals surface area contributed by atoms with Crippen molar-refractivity contribution in [3.05, 3.63) is 0 Å². The number of nitrogens with zero attached hydrogens (tertiary/aromatic N) is 2. The molecule has 2 aliphatic rings. The molecule has 2 heterocycles. The molecular formula is C12H24N2O. The van der Waals surface area contributed by atoms with Crippen LogP contribution in [0.2, 0.25) is 0 Å². The summed E-state index contributed by atoms with van der Waals surface area (Å²) in [5, 5.41) is 0. The van der Waals surface area contributed by atoms with E-state index in [0.29, 0.717) is 0 Å². The minimum Gasteiger partial charge on any atom is -0.381 e. The summed E-state index contributed by atoms with van der Waals surface area (Å²) >= 11 is 0. The summed E-state index contributed by atoms with van der Waals surface area (Å²) in [5.74, 6) is 0.842. The van der Waals surface area contributed by atoms with E-state index < -0.39 is 0 Å². The van der Waals surface area contributed by atoms with Gasteiger partial charge in [0, 0.05) is 39.4 Å². The van der Waals surface area contributed by atoms with Crippen molar-refractivity contribution in [2.24, 2.45) is 5.92 Å². The summed E-state index contributed by atoms with van der Waals surface area (Å²) < 4.78 is 5.40. The molecule has 1 atom stereocenters. The van der Waals surface area contributed by atoms with Gasteiger partial charge in [-0.15, -0.1) is 0 Å². The topological polar surface area (TPSA) is 15.7 Å². The molecular weight excluding hydrogens is 188 g/mol. The van der Waals surface area contributed by atoms with Gasteiger partial charge in [0.05, 0.1) is 0 Å². The Hall–Kier alpha value is -0.120. The highest BCUT2D eigenvalue weighted by molar-refractivity contribution is 4.73.